The second-order valence-electron chi connectivity index (χ2n) is 7.01. The summed E-state index contributed by atoms with van der Waals surface area (Å²) in [6.45, 7) is 8.22. The molecule has 1 aromatic rings. The molecule has 0 aliphatic carbocycles. The van der Waals surface area contributed by atoms with Crippen LogP contribution < -0.4 is 5.32 Å². The fourth-order valence-electron chi connectivity index (χ4n) is 3.59. The van der Waals surface area contributed by atoms with E-state index in [9.17, 15) is 5.11 Å². The van der Waals surface area contributed by atoms with Gasteiger partial charge in [-0.15, -0.1) is 0 Å². The molecule has 24 heavy (non-hydrogen) atoms. The molecule has 1 unspecified atom stereocenters. The van der Waals surface area contributed by atoms with Gasteiger partial charge >= 0.3 is 0 Å². The van der Waals surface area contributed by atoms with Crippen molar-refractivity contribution in [2.24, 2.45) is 0 Å². The summed E-state index contributed by atoms with van der Waals surface area (Å²) in [5.74, 6) is 0. The molecule has 0 bridgehead atoms. The van der Waals surface area contributed by atoms with Gasteiger partial charge in [-0.1, -0.05) is 30.3 Å². The molecule has 0 saturated carbocycles. The molecule has 0 aromatic heterocycles. The van der Waals surface area contributed by atoms with Crippen molar-refractivity contribution < 1.29 is 9.84 Å². The van der Waals surface area contributed by atoms with Crippen LogP contribution in [-0.4, -0.2) is 79.5 Å². The zero-order valence-corrected chi connectivity index (χ0v) is 14.6. The lowest BCUT2D eigenvalue weighted by Crippen LogP contribution is -2.47. The van der Waals surface area contributed by atoms with Crippen molar-refractivity contribution in [2.45, 2.75) is 31.5 Å². The van der Waals surface area contributed by atoms with Crippen LogP contribution in [-0.2, 0) is 11.3 Å². The summed E-state index contributed by atoms with van der Waals surface area (Å²) < 4.78 is 5.35. The molecule has 0 spiro atoms. The predicted molar refractivity (Wildman–Crippen MR) is 96.0 cm³/mol. The highest BCUT2D eigenvalue weighted by Gasteiger charge is 2.20. The Morgan fingerprint density at radius 2 is 1.75 bits per heavy atom. The predicted octanol–water partition coefficient (Wildman–Crippen LogP) is 0.934. The molecule has 5 heteroatoms. The normalized spacial score (nSPS) is 22.5. The Labute approximate surface area is 145 Å². The number of hydrogen-bond donors (Lipinski definition) is 2. The number of rotatable bonds is 7. The Morgan fingerprint density at radius 3 is 2.46 bits per heavy atom. The van der Waals surface area contributed by atoms with E-state index in [2.05, 4.69) is 45.4 Å². The third kappa shape index (κ3) is 5.83. The molecule has 1 aromatic carbocycles. The smallest absolute Gasteiger partial charge is 0.0791 e. The van der Waals surface area contributed by atoms with Crippen LogP contribution in [0.3, 0.4) is 0 Å². The molecule has 5 nitrogen and oxygen atoms in total. The monoisotopic (exact) mass is 333 g/mol. The van der Waals surface area contributed by atoms with Gasteiger partial charge in [0, 0.05) is 38.8 Å². The van der Waals surface area contributed by atoms with Gasteiger partial charge in [0.2, 0.25) is 0 Å². The summed E-state index contributed by atoms with van der Waals surface area (Å²) in [6.07, 6.45) is 2.04. The third-order valence-electron chi connectivity index (χ3n) is 5.05. The Bertz CT molecular complexity index is 457. The van der Waals surface area contributed by atoms with Crippen molar-refractivity contribution in [1.29, 1.82) is 0 Å². The maximum Gasteiger partial charge on any atom is 0.0791 e. The van der Waals surface area contributed by atoms with Crippen LogP contribution in [0.2, 0.25) is 0 Å². The van der Waals surface area contributed by atoms with Gasteiger partial charge in [0.1, 0.15) is 0 Å². The summed E-state index contributed by atoms with van der Waals surface area (Å²) in [4.78, 5) is 4.82. The first-order valence-electron chi connectivity index (χ1n) is 9.27. The maximum absolute atomic E-state index is 10.2. The second-order valence-corrected chi connectivity index (χ2v) is 7.01. The molecule has 0 amide bonds. The molecule has 2 aliphatic rings. The number of aliphatic hydroxyl groups excluding tert-OH is 1. The summed E-state index contributed by atoms with van der Waals surface area (Å²) in [5.41, 5.74) is 1.39. The van der Waals surface area contributed by atoms with Crippen LogP contribution in [0.5, 0.6) is 0 Å². The molecular weight excluding hydrogens is 302 g/mol. The van der Waals surface area contributed by atoms with E-state index in [4.69, 9.17) is 4.74 Å². The van der Waals surface area contributed by atoms with Gasteiger partial charge in [-0.3, -0.25) is 9.80 Å². The van der Waals surface area contributed by atoms with E-state index in [0.717, 1.165) is 65.3 Å². The van der Waals surface area contributed by atoms with Crippen molar-refractivity contribution in [1.82, 2.24) is 15.1 Å². The Hall–Kier alpha value is -0.980. The Balaban J connectivity index is 1.30. The lowest BCUT2D eigenvalue weighted by atomic mass is 10.0. The van der Waals surface area contributed by atoms with E-state index >= 15 is 0 Å². The molecule has 2 saturated heterocycles. The molecule has 2 aliphatic heterocycles. The fraction of sp³-hybridized carbons (Fsp3) is 0.684. The lowest BCUT2D eigenvalue weighted by molar-refractivity contribution is 0.0140. The number of morpholine rings is 1. The number of aliphatic hydroxyl groups is 1. The number of ether oxygens (including phenoxy) is 1. The number of benzene rings is 1. The summed E-state index contributed by atoms with van der Waals surface area (Å²) >= 11 is 0. The number of likely N-dealkylation sites (tertiary alicyclic amines) is 1. The van der Waals surface area contributed by atoms with Crippen LogP contribution in [0.1, 0.15) is 18.4 Å². The highest BCUT2D eigenvalue weighted by atomic mass is 16.5. The molecular formula is C19H31N3O2. The van der Waals surface area contributed by atoms with E-state index in [-0.39, 0.29) is 6.10 Å². The minimum Gasteiger partial charge on any atom is -0.390 e. The van der Waals surface area contributed by atoms with Crippen molar-refractivity contribution in [3.8, 4) is 0 Å². The van der Waals surface area contributed by atoms with Gasteiger partial charge in [-0.2, -0.15) is 0 Å². The molecule has 3 rings (SSSR count). The highest BCUT2D eigenvalue weighted by molar-refractivity contribution is 5.14. The van der Waals surface area contributed by atoms with Gasteiger partial charge in [0.15, 0.2) is 0 Å². The number of nitrogens with one attached hydrogen (secondary N) is 1. The van der Waals surface area contributed by atoms with Crippen LogP contribution in [0.25, 0.3) is 0 Å². The van der Waals surface area contributed by atoms with Crippen LogP contribution >= 0.6 is 0 Å². The fourth-order valence-corrected chi connectivity index (χ4v) is 3.59. The van der Waals surface area contributed by atoms with Gasteiger partial charge in [-0.25, -0.2) is 0 Å². The van der Waals surface area contributed by atoms with Gasteiger partial charge < -0.3 is 15.2 Å². The first-order valence-corrected chi connectivity index (χ1v) is 9.27. The standard InChI is InChI=1S/C19H31N3O2/c23-19(16-22-10-12-24-13-11-22)14-20-18-6-8-21(9-7-18)15-17-4-2-1-3-5-17/h1-5,18-20,23H,6-16H2. The van der Waals surface area contributed by atoms with Gasteiger partial charge in [0.25, 0.3) is 0 Å². The van der Waals surface area contributed by atoms with Gasteiger partial charge in [-0.05, 0) is 31.5 Å². The number of hydrogen-bond acceptors (Lipinski definition) is 5. The summed E-state index contributed by atoms with van der Waals surface area (Å²) in [6, 6.07) is 11.2. The first-order chi connectivity index (χ1) is 11.8. The lowest BCUT2D eigenvalue weighted by Gasteiger charge is -2.33. The van der Waals surface area contributed by atoms with E-state index in [1.54, 1.807) is 0 Å². The topological polar surface area (TPSA) is 48.0 Å². The molecule has 0 radical (unpaired) electrons. The third-order valence-corrected chi connectivity index (χ3v) is 5.05. The van der Waals surface area contributed by atoms with Crippen LogP contribution in [0.15, 0.2) is 30.3 Å². The quantitative estimate of drug-likeness (QED) is 0.777. The van der Waals surface area contributed by atoms with Gasteiger partial charge in [0.05, 0.1) is 19.3 Å². The van der Waals surface area contributed by atoms with Crippen molar-refractivity contribution in [3.05, 3.63) is 35.9 Å². The van der Waals surface area contributed by atoms with Crippen LogP contribution in [0.4, 0.5) is 0 Å². The molecule has 2 N–H and O–H groups in total. The molecule has 2 fully saturated rings. The number of piperidine rings is 1. The first kappa shape index (κ1) is 17.8. The van der Waals surface area contributed by atoms with Crippen molar-refractivity contribution >= 4 is 0 Å². The maximum atomic E-state index is 10.2. The number of nitrogens with zero attached hydrogens (tertiary/aromatic N) is 2. The average Bonchev–Trinajstić information content (AvgIpc) is 2.63. The highest BCUT2D eigenvalue weighted by Crippen LogP contribution is 2.14. The van der Waals surface area contributed by atoms with E-state index in [1.165, 1.54) is 5.56 Å². The average molecular weight is 333 g/mol. The number of β-amino-alcohol motifs (C(OH)–C–C–N with tert-alkyl or cyclic N) is 1. The van der Waals surface area contributed by atoms with Crippen molar-refractivity contribution in [2.75, 3.05) is 52.5 Å². The van der Waals surface area contributed by atoms with E-state index in [0.29, 0.717) is 12.6 Å². The molecule has 1 atom stereocenters. The van der Waals surface area contributed by atoms with Crippen LogP contribution in [0, 0.1) is 0 Å². The SMILES string of the molecule is OC(CNC1CCN(Cc2ccccc2)CC1)CN1CCOCC1. The Morgan fingerprint density at radius 1 is 1.04 bits per heavy atom. The van der Waals surface area contributed by atoms with Crippen molar-refractivity contribution in [3.63, 3.8) is 0 Å². The van der Waals surface area contributed by atoms with E-state index < -0.39 is 0 Å². The molecule has 2 heterocycles. The molecule has 134 valence electrons. The summed E-state index contributed by atoms with van der Waals surface area (Å²) in [7, 11) is 0. The Kier molecular flexibility index (Phi) is 7.05. The summed E-state index contributed by atoms with van der Waals surface area (Å²) in [5, 5.41) is 13.8. The second kappa shape index (κ2) is 9.49. The largest absolute Gasteiger partial charge is 0.390 e. The minimum absolute atomic E-state index is 0.287. The minimum atomic E-state index is -0.287. The van der Waals surface area contributed by atoms with E-state index in [1.807, 2.05) is 0 Å². The zero-order chi connectivity index (χ0) is 16.6. The zero-order valence-electron chi connectivity index (χ0n) is 14.6.